The Morgan fingerprint density at radius 3 is 3.00 bits per heavy atom. The molecular weight excluding hydrogens is 294 g/mol. The van der Waals surface area contributed by atoms with E-state index in [4.69, 9.17) is 19.9 Å². The van der Waals surface area contributed by atoms with Gasteiger partial charge in [-0.25, -0.2) is 4.68 Å². The van der Waals surface area contributed by atoms with Gasteiger partial charge >= 0.3 is 0 Å². The number of hydrogen-bond donors (Lipinski definition) is 3. The molecule has 0 aliphatic carbocycles. The Hall–Kier alpha value is -2.01. The summed E-state index contributed by atoms with van der Waals surface area (Å²) < 4.78 is 17.4. The molecule has 0 radical (unpaired) electrons. The van der Waals surface area contributed by atoms with E-state index in [0.29, 0.717) is 0 Å². The van der Waals surface area contributed by atoms with Gasteiger partial charge in [-0.1, -0.05) is 0 Å². The number of aromatic amines is 1. The number of H-pyrrole nitrogens is 1. The summed E-state index contributed by atoms with van der Waals surface area (Å²) in [7, 11) is 3.01. The maximum atomic E-state index is 11.8. The monoisotopic (exact) mass is 311 g/mol. The number of methoxy groups -OCH3 is 2. The van der Waals surface area contributed by atoms with Crippen LogP contribution in [-0.4, -0.2) is 64.0 Å². The summed E-state index contributed by atoms with van der Waals surface area (Å²) >= 11 is 0. The number of aromatic nitrogens is 4. The van der Waals surface area contributed by atoms with E-state index in [9.17, 15) is 9.90 Å². The van der Waals surface area contributed by atoms with Gasteiger partial charge in [0, 0.05) is 14.2 Å². The van der Waals surface area contributed by atoms with Crippen molar-refractivity contribution >= 4 is 17.0 Å². The number of fused-ring (bicyclic) bond motifs is 1. The highest BCUT2D eigenvalue weighted by Gasteiger charge is 2.46. The quantitative estimate of drug-likeness (QED) is 0.628. The standard InChI is InChI=1S/C12H17N5O5/c1-20-4-6-8(21-2)7(18)11(22-6)17-9-5(3-14-17)10(19)16-12(13)15-9/h3,6-8,11,18H,4H2,1-2H3,(H3,13,15,16,19)/t6-,7?,8?,11-/m1/s1. The lowest BCUT2D eigenvalue weighted by Gasteiger charge is -2.17. The summed E-state index contributed by atoms with van der Waals surface area (Å²) in [5.41, 5.74) is 5.39. The van der Waals surface area contributed by atoms with Crippen LogP contribution in [0.15, 0.2) is 11.0 Å². The number of aliphatic hydroxyl groups is 1. The molecule has 10 heteroatoms. The molecule has 2 aromatic heterocycles. The summed E-state index contributed by atoms with van der Waals surface area (Å²) in [6.07, 6.45) is -1.54. The second-order valence-electron chi connectivity index (χ2n) is 4.99. The third-order valence-electron chi connectivity index (χ3n) is 3.64. The molecule has 1 aliphatic heterocycles. The van der Waals surface area contributed by atoms with Gasteiger partial charge in [0.1, 0.15) is 23.7 Å². The van der Waals surface area contributed by atoms with Crippen LogP contribution in [0.2, 0.25) is 0 Å². The van der Waals surface area contributed by atoms with E-state index in [0.717, 1.165) is 0 Å². The van der Waals surface area contributed by atoms with E-state index in [-0.39, 0.29) is 23.6 Å². The van der Waals surface area contributed by atoms with E-state index in [1.807, 2.05) is 0 Å². The van der Waals surface area contributed by atoms with Gasteiger partial charge in [0.2, 0.25) is 5.95 Å². The molecule has 0 spiro atoms. The summed E-state index contributed by atoms with van der Waals surface area (Å²) in [4.78, 5) is 18.3. The third-order valence-corrected chi connectivity index (χ3v) is 3.64. The van der Waals surface area contributed by atoms with Gasteiger partial charge in [-0.2, -0.15) is 10.1 Å². The maximum absolute atomic E-state index is 11.8. The van der Waals surface area contributed by atoms with Crippen molar-refractivity contribution in [2.24, 2.45) is 0 Å². The Balaban J connectivity index is 2.02. The van der Waals surface area contributed by atoms with E-state index < -0.39 is 30.1 Å². The second-order valence-corrected chi connectivity index (χ2v) is 4.99. The van der Waals surface area contributed by atoms with Crippen molar-refractivity contribution < 1.29 is 19.3 Å². The van der Waals surface area contributed by atoms with Gasteiger partial charge < -0.3 is 25.1 Å². The van der Waals surface area contributed by atoms with Crippen LogP contribution in [0, 0.1) is 0 Å². The van der Waals surface area contributed by atoms with Crippen LogP contribution in [0.1, 0.15) is 6.23 Å². The molecule has 0 aromatic carbocycles. The normalized spacial score (nSPS) is 28.5. The number of rotatable bonds is 4. The molecule has 2 aromatic rings. The van der Waals surface area contributed by atoms with Gasteiger partial charge in [-0.05, 0) is 0 Å². The molecule has 4 N–H and O–H groups in total. The molecule has 1 saturated heterocycles. The van der Waals surface area contributed by atoms with Crippen molar-refractivity contribution in [3.05, 3.63) is 16.6 Å². The molecule has 22 heavy (non-hydrogen) atoms. The molecule has 0 saturated carbocycles. The fraction of sp³-hybridized carbons (Fsp3) is 0.583. The van der Waals surface area contributed by atoms with Gasteiger partial charge in [0.15, 0.2) is 11.9 Å². The molecule has 4 atom stereocenters. The number of nitrogens with two attached hydrogens (primary N) is 1. The Labute approximate surface area is 124 Å². The molecule has 10 nitrogen and oxygen atoms in total. The van der Waals surface area contributed by atoms with Crippen LogP contribution in [0.4, 0.5) is 5.95 Å². The van der Waals surface area contributed by atoms with E-state index in [1.165, 1.54) is 25.1 Å². The number of hydrogen-bond acceptors (Lipinski definition) is 8. The zero-order valence-electron chi connectivity index (χ0n) is 12.1. The lowest BCUT2D eigenvalue weighted by molar-refractivity contribution is -0.0653. The van der Waals surface area contributed by atoms with Gasteiger partial charge in [0.05, 0.1) is 12.8 Å². The van der Waals surface area contributed by atoms with Crippen LogP contribution in [0.3, 0.4) is 0 Å². The first kappa shape index (κ1) is 14.9. The summed E-state index contributed by atoms with van der Waals surface area (Å²) in [6, 6.07) is 0. The van der Waals surface area contributed by atoms with Crippen LogP contribution in [-0.2, 0) is 14.2 Å². The number of anilines is 1. The van der Waals surface area contributed by atoms with Crippen molar-refractivity contribution in [3.8, 4) is 0 Å². The van der Waals surface area contributed by atoms with Crippen molar-refractivity contribution in [3.63, 3.8) is 0 Å². The number of nitrogen functional groups attached to an aromatic ring is 1. The van der Waals surface area contributed by atoms with Gasteiger partial charge in [0.25, 0.3) is 5.56 Å². The van der Waals surface area contributed by atoms with Crippen molar-refractivity contribution in [1.82, 2.24) is 19.7 Å². The summed E-state index contributed by atoms with van der Waals surface area (Å²) in [5.74, 6) is -0.0385. The number of ether oxygens (including phenoxy) is 3. The summed E-state index contributed by atoms with van der Waals surface area (Å²) in [5, 5.41) is 14.8. The largest absolute Gasteiger partial charge is 0.385 e. The Morgan fingerprint density at radius 2 is 2.32 bits per heavy atom. The van der Waals surface area contributed by atoms with Gasteiger partial charge in [-0.3, -0.25) is 9.78 Å². The highest BCUT2D eigenvalue weighted by atomic mass is 16.6. The first-order valence-corrected chi connectivity index (χ1v) is 6.65. The van der Waals surface area contributed by atoms with Crippen LogP contribution in [0.5, 0.6) is 0 Å². The van der Waals surface area contributed by atoms with E-state index in [1.54, 1.807) is 0 Å². The number of nitrogens with one attached hydrogen (secondary N) is 1. The Bertz CT molecular complexity index is 728. The SMILES string of the molecule is COC[C@H]1O[C@@H](n2ncc3c(=O)[nH]c(N)nc32)C(O)C1OC. The molecule has 120 valence electrons. The number of aliphatic hydroxyl groups excluding tert-OH is 1. The minimum atomic E-state index is -0.990. The lowest BCUT2D eigenvalue weighted by atomic mass is 10.1. The zero-order valence-corrected chi connectivity index (χ0v) is 12.1. The average molecular weight is 311 g/mol. The zero-order chi connectivity index (χ0) is 15.9. The minimum Gasteiger partial charge on any atom is -0.385 e. The van der Waals surface area contributed by atoms with E-state index >= 15 is 0 Å². The maximum Gasteiger partial charge on any atom is 0.263 e. The molecule has 0 bridgehead atoms. The first-order valence-electron chi connectivity index (χ1n) is 6.65. The molecule has 0 amide bonds. The van der Waals surface area contributed by atoms with Gasteiger partial charge in [-0.15, -0.1) is 0 Å². The molecule has 3 rings (SSSR count). The lowest BCUT2D eigenvalue weighted by Crippen LogP contribution is -2.35. The molecular formula is C12H17N5O5. The van der Waals surface area contributed by atoms with Crippen molar-refractivity contribution in [2.45, 2.75) is 24.5 Å². The molecule has 3 heterocycles. The van der Waals surface area contributed by atoms with Crippen LogP contribution in [0.25, 0.3) is 11.0 Å². The smallest absolute Gasteiger partial charge is 0.263 e. The minimum absolute atomic E-state index is 0.0385. The topological polar surface area (TPSA) is 138 Å². The van der Waals surface area contributed by atoms with E-state index in [2.05, 4.69) is 15.1 Å². The van der Waals surface area contributed by atoms with Crippen molar-refractivity contribution in [1.29, 1.82) is 0 Å². The Morgan fingerprint density at radius 1 is 1.55 bits per heavy atom. The predicted octanol–water partition coefficient (Wildman–Crippen LogP) is -1.38. The molecule has 1 aliphatic rings. The highest BCUT2D eigenvalue weighted by molar-refractivity contribution is 5.74. The van der Waals surface area contributed by atoms with Crippen molar-refractivity contribution in [2.75, 3.05) is 26.6 Å². The summed E-state index contributed by atoms with van der Waals surface area (Å²) in [6.45, 7) is 0.251. The predicted molar refractivity (Wildman–Crippen MR) is 75.2 cm³/mol. The fourth-order valence-electron chi connectivity index (χ4n) is 2.65. The first-order chi connectivity index (χ1) is 10.6. The molecule has 2 unspecified atom stereocenters. The second kappa shape index (κ2) is 5.65. The van der Waals surface area contributed by atoms with Crippen LogP contribution >= 0.6 is 0 Å². The highest BCUT2D eigenvalue weighted by Crippen LogP contribution is 2.32. The fourth-order valence-corrected chi connectivity index (χ4v) is 2.65. The van der Waals surface area contributed by atoms with Crippen LogP contribution < -0.4 is 11.3 Å². The average Bonchev–Trinajstić information content (AvgIpc) is 3.01. The molecule has 1 fully saturated rings. The number of nitrogens with zero attached hydrogens (tertiary/aromatic N) is 3. The Kier molecular flexibility index (Phi) is 3.83. The third kappa shape index (κ3) is 2.25.